The Morgan fingerprint density at radius 3 is 2.28 bits per heavy atom. The van der Waals surface area contributed by atoms with Gasteiger partial charge in [-0.15, -0.1) is 0 Å². The molecule has 1 fully saturated rings. The second-order valence-corrected chi connectivity index (χ2v) is 10.3. The zero-order chi connectivity index (χ0) is 23.0. The van der Waals surface area contributed by atoms with E-state index >= 15 is 0 Å². The Balaban J connectivity index is 1.33. The fraction of sp³-hybridized carbons (Fsp3) is 0.458. The number of rotatable bonds is 10. The van der Waals surface area contributed by atoms with Gasteiger partial charge in [0.25, 0.3) is 5.91 Å². The van der Waals surface area contributed by atoms with Gasteiger partial charge in [-0.25, -0.2) is 8.42 Å². The van der Waals surface area contributed by atoms with Gasteiger partial charge in [-0.2, -0.15) is 4.31 Å². The molecule has 1 amide bonds. The first-order valence-corrected chi connectivity index (χ1v) is 12.7. The molecule has 3 rings (SSSR count). The number of sulfonamides is 1. The Bertz CT molecular complexity index is 954. The monoisotopic (exact) mass is 459 g/mol. The summed E-state index contributed by atoms with van der Waals surface area (Å²) in [6, 6.07) is 17.7. The Kier molecular flexibility index (Phi) is 8.53. The highest BCUT2D eigenvalue weighted by Gasteiger charge is 2.26. The van der Waals surface area contributed by atoms with Gasteiger partial charge < -0.3 is 15.0 Å². The van der Waals surface area contributed by atoms with Crippen LogP contribution < -0.4 is 15.0 Å². The van der Waals surface area contributed by atoms with E-state index in [1.165, 1.54) is 5.56 Å². The highest BCUT2D eigenvalue weighted by molar-refractivity contribution is 7.89. The molecule has 174 valence electrons. The van der Waals surface area contributed by atoms with Crippen molar-refractivity contribution in [1.29, 1.82) is 0 Å². The molecule has 0 radical (unpaired) electrons. The number of piperazine rings is 1. The standard InChI is InChI=1S/C24H33N3O4S/c1-20(2)21-9-11-23(12-10-21)31-19-24(28)25-13-6-18-32(29,30)27-16-14-26(15-17-27)22-7-4-3-5-8-22/h3-5,7-12,20H,6,13-19H2,1-2H3,(H,25,28). The quantitative estimate of drug-likeness (QED) is 0.553. The molecular weight excluding hydrogens is 426 g/mol. The van der Waals surface area contributed by atoms with Crippen molar-refractivity contribution in [3.63, 3.8) is 0 Å². The van der Waals surface area contributed by atoms with E-state index in [9.17, 15) is 13.2 Å². The maximum absolute atomic E-state index is 12.6. The van der Waals surface area contributed by atoms with Gasteiger partial charge in [0.1, 0.15) is 5.75 Å². The molecule has 0 aromatic heterocycles. The number of amides is 1. The van der Waals surface area contributed by atoms with E-state index in [-0.39, 0.29) is 18.3 Å². The van der Waals surface area contributed by atoms with E-state index in [2.05, 4.69) is 24.1 Å². The summed E-state index contributed by atoms with van der Waals surface area (Å²) < 4.78 is 32.3. The van der Waals surface area contributed by atoms with Crippen LogP contribution in [0.15, 0.2) is 54.6 Å². The molecule has 0 bridgehead atoms. The summed E-state index contributed by atoms with van der Waals surface area (Å²) in [6.07, 6.45) is 0.371. The Hall–Kier alpha value is -2.58. The Labute approximate surface area is 191 Å². The van der Waals surface area contributed by atoms with Crippen LogP contribution in [0.5, 0.6) is 5.75 Å². The van der Waals surface area contributed by atoms with Crippen LogP contribution in [0.1, 0.15) is 31.7 Å². The SMILES string of the molecule is CC(C)c1ccc(OCC(=O)NCCCS(=O)(=O)N2CCN(c3ccccc3)CC2)cc1. The van der Waals surface area contributed by atoms with Gasteiger partial charge in [0.15, 0.2) is 6.61 Å². The molecule has 0 spiro atoms. The maximum atomic E-state index is 12.6. The maximum Gasteiger partial charge on any atom is 0.257 e. The number of carbonyl (C=O) groups is 1. The molecule has 0 aliphatic carbocycles. The third-order valence-electron chi connectivity index (χ3n) is 5.57. The highest BCUT2D eigenvalue weighted by atomic mass is 32.2. The summed E-state index contributed by atoms with van der Waals surface area (Å²) in [6.45, 7) is 6.76. The van der Waals surface area contributed by atoms with Crippen LogP contribution in [-0.4, -0.2) is 63.7 Å². The molecule has 32 heavy (non-hydrogen) atoms. The lowest BCUT2D eigenvalue weighted by Gasteiger charge is -2.35. The fourth-order valence-electron chi connectivity index (χ4n) is 3.62. The summed E-state index contributed by atoms with van der Waals surface area (Å²) in [5.41, 5.74) is 2.33. The van der Waals surface area contributed by atoms with Crippen LogP contribution >= 0.6 is 0 Å². The third-order valence-corrected chi connectivity index (χ3v) is 7.53. The second-order valence-electron chi connectivity index (χ2n) is 8.25. The number of nitrogens with zero attached hydrogens (tertiary/aromatic N) is 2. The van der Waals surface area contributed by atoms with Crippen LogP contribution in [0.3, 0.4) is 0 Å². The van der Waals surface area contributed by atoms with Gasteiger partial charge in [0, 0.05) is 38.4 Å². The largest absolute Gasteiger partial charge is 0.484 e. The summed E-state index contributed by atoms with van der Waals surface area (Å²) in [5, 5.41) is 2.73. The van der Waals surface area contributed by atoms with Crippen molar-refractivity contribution >= 4 is 21.6 Å². The number of hydrogen-bond donors (Lipinski definition) is 1. The topological polar surface area (TPSA) is 78.9 Å². The third kappa shape index (κ3) is 6.97. The lowest BCUT2D eigenvalue weighted by molar-refractivity contribution is -0.123. The molecule has 1 heterocycles. The van der Waals surface area contributed by atoms with E-state index in [1.807, 2.05) is 54.6 Å². The Morgan fingerprint density at radius 2 is 1.66 bits per heavy atom. The first-order chi connectivity index (χ1) is 15.3. The van der Waals surface area contributed by atoms with Crippen molar-refractivity contribution in [2.75, 3.05) is 50.0 Å². The zero-order valence-corrected chi connectivity index (χ0v) is 19.7. The van der Waals surface area contributed by atoms with E-state index in [0.29, 0.717) is 50.8 Å². The minimum Gasteiger partial charge on any atom is -0.484 e. The fourth-order valence-corrected chi connectivity index (χ4v) is 5.11. The Morgan fingerprint density at radius 1 is 1.00 bits per heavy atom. The van der Waals surface area contributed by atoms with Crippen LogP contribution in [0, 0.1) is 0 Å². The number of carbonyl (C=O) groups excluding carboxylic acids is 1. The molecule has 0 saturated carbocycles. The van der Waals surface area contributed by atoms with Crippen LogP contribution in [0.2, 0.25) is 0 Å². The molecule has 0 unspecified atom stereocenters. The smallest absolute Gasteiger partial charge is 0.257 e. The van der Waals surface area contributed by atoms with Crippen molar-refractivity contribution in [3.8, 4) is 5.75 Å². The predicted octanol–water partition coefficient (Wildman–Crippen LogP) is 2.85. The van der Waals surface area contributed by atoms with Gasteiger partial charge >= 0.3 is 0 Å². The van der Waals surface area contributed by atoms with Gasteiger partial charge in [0.05, 0.1) is 5.75 Å². The van der Waals surface area contributed by atoms with Crippen molar-refractivity contribution < 1.29 is 17.9 Å². The van der Waals surface area contributed by atoms with Crippen molar-refractivity contribution in [2.24, 2.45) is 0 Å². The number of nitrogens with one attached hydrogen (secondary N) is 1. The number of benzene rings is 2. The molecule has 1 aliphatic heterocycles. The van der Waals surface area contributed by atoms with E-state index in [4.69, 9.17) is 4.74 Å². The van der Waals surface area contributed by atoms with Gasteiger partial charge in [-0.1, -0.05) is 44.2 Å². The zero-order valence-electron chi connectivity index (χ0n) is 18.9. The summed E-state index contributed by atoms with van der Waals surface area (Å²) in [5.74, 6) is 0.848. The molecule has 7 nitrogen and oxygen atoms in total. The first-order valence-electron chi connectivity index (χ1n) is 11.1. The first kappa shape index (κ1) is 24.1. The highest BCUT2D eigenvalue weighted by Crippen LogP contribution is 2.19. The molecule has 1 saturated heterocycles. The van der Waals surface area contributed by atoms with E-state index in [0.717, 1.165) is 5.69 Å². The minimum atomic E-state index is -3.33. The van der Waals surface area contributed by atoms with Gasteiger partial charge in [-0.3, -0.25) is 4.79 Å². The summed E-state index contributed by atoms with van der Waals surface area (Å²) in [7, 11) is -3.33. The molecule has 2 aromatic rings. The average molecular weight is 460 g/mol. The van der Waals surface area contributed by atoms with Crippen LogP contribution in [-0.2, 0) is 14.8 Å². The van der Waals surface area contributed by atoms with Crippen molar-refractivity contribution in [2.45, 2.75) is 26.2 Å². The van der Waals surface area contributed by atoms with Crippen molar-refractivity contribution in [1.82, 2.24) is 9.62 Å². The normalized spacial score (nSPS) is 15.0. The number of ether oxygens (including phenoxy) is 1. The van der Waals surface area contributed by atoms with Crippen LogP contribution in [0.4, 0.5) is 5.69 Å². The number of anilines is 1. The predicted molar refractivity (Wildman–Crippen MR) is 128 cm³/mol. The molecule has 1 N–H and O–H groups in total. The van der Waals surface area contributed by atoms with Crippen LogP contribution in [0.25, 0.3) is 0 Å². The molecule has 8 heteroatoms. The number of para-hydroxylation sites is 1. The van der Waals surface area contributed by atoms with Gasteiger partial charge in [-0.05, 0) is 42.2 Å². The lowest BCUT2D eigenvalue weighted by atomic mass is 10.0. The number of hydrogen-bond acceptors (Lipinski definition) is 5. The molecule has 1 aliphatic rings. The molecule has 2 aromatic carbocycles. The summed E-state index contributed by atoms with van der Waals surface area (Å²) >= 11 is 0. The van der Waals surface area contributed by atoms with Crippen molar-refractivity contribution in [3.05, 3.63) is 60.2 Å². The molecular formula is C24H33N3O4S. The lowest BCUT2D eigenvalue weighted by Crippen LogP contribution is -2.49. The summed E-state index contributed by atoms with van der Waals surface area (Å²) in [4.78, 5) is 14.2. The van der Waals surface area contributed by atoms with E-state index in [1.54, 1.807) is 4.31 Å². The average Bonchev–Trinajstić information content (AvgIpc) is 2.81. The molecule has 0 atom stereocenters. The second kappa shape index (κ2) is 11.3. The minimum absolute atomic E-state index is 0.0239. The van der Waals surface area contributed by atoms with Gasteiger partial charge in [0.2, 0.25) is 10.0 Å². The van der Waals surface area contributed by atoms with E-state index < -0.39 is 10.0 Å².